The number of nitrogens with zero attached hydrogens (tertiary/aromatic N) is 3. The van der Waals surface area contributed by atoms with Gasteiger partial charge < -0.3 is 9.32 Å². The second-order valence-corrected chi connectivity index (χ2v) is 7.61. The Morgan fingerprint density at radius 3 is 2.50 bits per heavy atom. The largest absolute Gasteiger partial charge is 0.411 e. The molecule has 128 valence electrons. The van der Waals surface area contributed by atoms with Gasteiger partial charge in [0.15, 0.2) is 0 Å². The summed E-state index contributed by atoms with van der Waals surface area (Å²) in [6.45, 7) is 3.59. The number of likely N-dealkylation sites (tertiary alicyclic amines) is 1. The summed E-state index contributed by atoms with van der Waals surface area (Å²) in [6.07, 6.45) is 4.59. The van der Waals surface area contributed by atoms with Gasteiger partial charge in [-0.15, -0.1) is 10.2 Å². The van der Waals surface area contributed by atoms with Crippen molar-refractivity contribution in [2.75, 3.05) is 13.1 Å². The van der Waals surface area contributed by atoms with E-state index in [1.165, 1.54) is 24.6 Å². The lowest BCUT2D eigenvalue weighted by molar-refractivity contribution is -0.130. The zero-order chi connectivity index (χ0) is 16.9. The number of rotatable bonds is 4. The first-order chi connectivity index (χ1) is 11.6. The average Bonchev–Trinajstić information content (AvgIpc) is 2.88. The second kappa shape index (κ2) is 8.03. The van der Waals surface area contributed by atoms with E-state index in [0.29, 0.717) is 16.1 Å². The van der Waals surface area contributed by atoms with Crippen molar-refractivity contribution < 1.29 is 9.21 Å². The second-order valence-electron chi connectivity index (χ2n) is 5.88. The summed E-state index contributed by atoms with van der Waals surface area (Å²) in [5.41, 5.74) is 0.810. The molecule has 2 aromatic rings. The smallest absolute Gasteiger partial charge is 0.277 e. The monoisotopic (exact) mass is 365 g/mol. The highest BCUT2D eigenvalue weighted by molar-refractivity contribution is 8.00. The zero-order valence-electron chi connectivity index (χ0n) is 13.6. The maximum Gasteiger partial charge on any atom is 0.277 e. The molecular formula is C17H20ClN3O2S. The number of thioether (sulfide) groups is 1. The van der Waals surface area contributed by atoms with Crippen LogP contribution < -0.4 is 0 Å². The van der Waals surface area contributed by atoms with Crippen molar-refractivity contribution in [2.45, 2.75) is 43.1 Å². The number of hydrogen-bond acceptors (Lipinski definition) is 5. The molecule has 1 saturated heterocycles. The molecule has 1 aliphatic rings. The Morgan fingerprint density at radius 2 is 1.83 bits per heavy atom. The van der Waals surface area contributed by atoms with Crippen LogP contribution in [-0.4, -0.2) is 39.3 Å². The van der Waals surface area contributed by atoms with Crippen molar-refractivity contribution >= 4 is 29.3 Å². The van der Waals surface area contributed by atoms with Crippen LogP contribution in [0.5, 0.6) is 0 Å². The fourth-order valence-electron chi connectivity index (χ4n) is 2.72. The lowest BCUT2D eigenvalue weighted by Gasteiger charge is -2.23. The molecule has 5 nitrogen and oxygen atoms in total. The van der Waals surface area contributed by atoms with Crippen LogP contribution in [0.3, 0.4) is 0 Å². The van der Waals surface area contributed by atoms with Gasteiger partial charge >= 0.3 is 0 Å². The van der Waals surface area contributed by atoms with Gasteiger partial charge in [0, 0.05) is 23.7 Å². The maximum absolute atomic E-state index is 12.6. The quantitative estimate of drug-likeness (QED) is 0.757. The SMILES string of the molecule is CC(Sc1nnc(-c2ccc(Cl)cc2)o1)C(=O)N1CCCCCC1. The van der Waals surface area contributed by atoms with E-state index in [1.807, 2.05) is 24.0 Å². The van der Waals surface area contributed by atoms with Gasteiger partial charge in [0.25, 0.3) is 5.22 Å². The van der Waals surface area contributed by atoms with Crippen molar-refractivity contribution in [3.8, 4) is 11.5 Å². The number of benzene rings is 1. The van der Waals surface area contributed by atoms with Crippen LogP contribution in [0.25, 0.3) is 11.5 Å². The average molecular weight is 366 g/mol. The third kappa shape index (κ3) is 4.30. The molecular weight excluding hydrogens is 346 g/mol. The number of halogens is 1. The molecule has 1 aromatic carbocycles. The maximum atomic E-state index is 12.6. The van der Waals surface area contributed by atoms with E-state index in [4.69, 9.17) is 16.0 Å². The van der Waals surface area contributed by atoms with Crippen molar-refractivity contribution in [3.63, 3.8) is 0 Å². The van der Waals surface area contributed by atoms with Crippen LogP contribution in [0.4, 0.5) is 0 Å². The number of amides is 1. The lowest BCUT2D eigenvalue weighted by Crippen LogP contribution is -2.37. The fraction of sp³-hybridized carbons (Fsp3) is 0.471. The van der Waals surface area contributed by atoms with Crippen LogP contribution in [-0.2, 0) is 4.79 Å². The van der Waals surface area contributed by atoms with E-state index >= 15 is 0 Å². The fourth-order valence-corrected chi connectivity index (χ4v) is 3.61. The van der Waals surface area contributed by atoms with Gasteiger partial charge in [-0.25, -0.2) is 0 Å². The molecule has 3 rings (SSSR count). The van der Waals surface area contributed by atoms with Gasteiger partial charge in [0.05, 0.1) is 5.25 Å². The van der Waals surface area contributed by atoms with Gasteiger partial charge in [-0.1, -0.05) is 36.2 Å². The highest BCUT2D eigenvalue weighted by atomic mass is 35.5. The van der Waals surface area contributed by atoms with Gasteiger partial charge in [-0.05, 0) is 44.0 Å². The number of hydrogen-bond donors (Lipinski definition) is 0. The summed E-state index contributed by atoms with van der Waals surface area (Å²) in [7, 11) is 0. The third-order valence-corrected chi connectivity index (χ3v) is 5.21. The van der Waals surface area contributed by atoms with E-state index in [-0.39, 0.29) is 11.2 Å². The first kappa shape index (κ1) is 17.3. The Hall–Kier alpha value is -1.53. The molecule has 7 heteroatoms. The summed E-state index contributed by atoms with van der Waals surface area (Å²) in [6, 6.07) is 7.21. The van der Waals surface area contributed by atoms with Crippen LogP contribution in [0.1, 0.15) is 32.6 Å². The zero-order valence-corrected chi connectivity index (χ0v) is 15.1. The highest BCUT2D eigenvalue weighted by Crippen LogP contribution is 2.28. The highest BCUT2D eigenvalue weighted by Gasteiger charge is 2.24. The van der Waals surface area contributed by atoms with E-state index in [1.54, 1.807) is 12.1 Å². The summed E-state index contributed by atoms with van der Waals surface area (Å²) >= 11 is 7.19. The molecule has 1 atom stereocenters. The molecule has 1 amide bonds. The Bertz CT molecular complexity index is 681. The minimum absolute atomic E-state index is 0.146. The molecule has 2 heterocycles. The van der Waals surface area contributed by atoms with E-state index in [9.17, 15) is 4.79 Å². The first-order valence-corrected chi connectivity index (χ1v) is 9.44. The third-order valence-electron chi connectivity index (χ3n) is 4.04. The summed E-state index contributed by atoms with van der Waals surface area (Å²) in [5, 5.41) is 8.93. The van der Waals surface area contributed by atoms with Gasteiger partial charge in [0.1, 0.15) is 0 Å². The van der Waals surface area contributed by atoms with Crippen LogP contribution in [0, 0.1) is 0 Å². The number of carbonyl (C=O) groups is 1. The van der Waals surface area contributed by atoms with Crippen molar-refractivity contribution in [2.24, 2.45) is 0 Å². The Labute approximate surface area is 150 Å². The van der Waals surface area contributed by atoms with E-state index < -0.39 is 0 Å². The molecule has 1 aromatic heterocycles. The minimum atomic E-state index is -0.235. The molecule has 1 fully saturated rings. The molecule has 0 saturated carbocycles. The summed E-state index contributed by atoms with van der Waals surface area (Å²) < 4.78 is 5.67. The van der Waals surface area contributed by atoms with E-state index in [2.05, 4.69) is 10.2 Å². The van der Waals surface area contributed by atoms with Crippen LogP contribution >= 0.6 is 23.4 Å². The Morgan fingerprint density at radius 1 is 1.17 bits per heavy atom. The van der Waals surface area contributed by atoms with Crippen LogP contribution in [0.2, 0.25) is 5.02 Å². The normalized spacial score (nSPS) is 16.7. The van der Waals surface area contributed by atoms with Gasteiger partial charge in [-0.2, -0.15) is 0 Å². The molecule has 0 N–H and O–H groups in total. The van der Waals surface area contributed by atoms with Crippen molar-refractivity contribution in [3.05, 3.63) is 29.3 Å². The predicted octanol–water partition coefficient (Wildman–Crippen LogP) is 4.27. The first-order valence-electron chi connectivity index (χ1n) is 8.18. The molecule has 0 radical (unpaired) electrons. The topological polar surface area (TPSA) is 59.2 Å². The lowest BCUT2D eigenvalue weighted by atomic mass is 10.2. The minimum Gasteiger partial charge on any atom is -0.411 e. The molecule has 1 unspecified atom stereocenters. The molecule has 24 heavy (non-hydrogen) atoms. The molecule has 0 aliphatic carbocycles. The molecule has 0 bridgehead atoms. The number of aromatic nitrogens is 2. The molecule has 0 spiro atoms. The van der Waals surface area contributed by atoms with Gasteiger partial charge in [0.2, 0.25) is 11.8 Å². The van der Waals surface area contributed by atoms with Crippen molar-refractivity contribution in [1.29, 1.82) is 0 Å². The predicted molar refractivity (Wildman–Crippen MR) is 95.1 cm³/mol. The number of carbonyl (C=O) groups excluding carboxylic acids is 1. The Kier molecular flexibility index (Phi) is 5.79. The van der Waals surface area contributed by atoms with Crippen molar-refractivity contribution in [1.82, 2.24) is 15.1 Å². The Balaban J connectivity index is 1.63. The molecule has 1 aliphatic heterocycles. The van der Waals surface area contributed by atoms with E-state index in [0.717, 1.165) is 31.5 Å². The standard InChI is InChI=1S/C17H20ClN3O2S/c1-12(16(22)21-10-4-2-3-5-11-21)24-17-20-19-15(23-17)13-6-8-14(18)9-7-13/h6-9,12H,2-5,10-11H2,1H3. The van der Waals surface area contributed by atoms with Crippen LogP contribution in [0.15, 0.2) is 33.9 Å². The summed E-state index contributed by atoms with van der Waals surface area (Å²) in [4.78, 5) is 14.5. The summed E-state index contributed by atoms with van der Waals surface area (Å²) in [5.74, 6) is 0.580. The van der Waals surface area contributed by atoms with Gasteiger partial charge in [-0.3, -0.25) is 4.79 Å².